The molecule has 0 aliphatic rings. The SMILES string of the molecule is CCn1c(SC(c2ccc(Br)cc2)C(C)N)n[nH]c1=O. The largest absolute Gasteiger partial charge is 0.343 e. The maximum Gasteiger partial charge on any atom is 0.343 e. The summed E-state index contributed by atoms with van der Waals surface area (Å²) in [6.07, 6.45) is 0. The van der Waals surface area contributed by atoms with Crippen LogP contribution < -0.4 is 11.4 Å². The van der Waals surface area contributed by atoms with Gasteiger partial charge >= 0.3 is 5.69 Å². The first-order valence-electron chi connectivity index (χ1n) is 6.35. The van der Waals surface area contributed by atoms with Crippen LogP contribution in [0.25, 0.3) is 0 Å². The van der Waals surface area contributed by atoms with Crippen LogP contribution in [-0.2, 0) is 6.54 Å². The zero-order valence-corrected chi connectivity index (χ0v) is 13.7. The van der Waals surface area contributed by atoms with E-state index in [1.807, 2.05) is 38.1 Å². The monoisotopic (exact) mass is 356 g/mol. The van der Waals surface area contributed by atoms with Crippen molar-refractivity contribution in [1.29, 1.82) is 0 Å². The molecule has 0 fully saturated rings. The lowest BCUT2D eigenvalue weighted by Gasteiger charge is -2.20. The van der Waals surface area contributed by atoms with Gasteiger partial charge in [0, 0.05) is 17.1 Å². The molecule has 0 aliphatic carbocycles. The lowest BCUT2D eigenvalue weighted by atomic mass is 10.1. The molecule has 2 aromatic rings. The van der Waals surface area contributed by atoms with Crippen molar-refractivity contribution >= 4 is 27.7 Å². The van der Waals surface area contributed by atoms with Crippen molar-refractivity contribution in [2.45, 2.75) is 36.8 Å². The van der Waals surface area contributed by atoms with E-state index in [0.717, 1.165) is 10.0 Å². The molecule has 0 saturated carbocycles. The van der Waals surface area contributed by atoms with E-state index in [-0.39, 0.29) is 17.0 Å². The first kappa shape index (κ1) is 15.3. The van der Waals surface area contributed by atoms with E-state index in [2.05, 4.69) is 26.1 Å². The van der Waals surface area contributed by atoms with Gasteiger partial charge in [0.2, 0.25) is 0 Å². The summed E-state index contributed by atoms with van der Waals surface area (Å²) in [5.41, 5.74) is 7.03. The van der Waals surface area contributed by atoms with Gasteiger partial charge in [0.1, 0.15) is 0 Å². The number of aromatic amines is 1. The number of halogens is 1. The van der Waals surface area contributed by atoms with Crippen molar-refractivity contribution in [2.75, 3.05) is 0 Å². The Labute approximate surface area is 130 Å². The van der Waals surface area contributed by atoms with E-state index in [4.69, 9.17) is 5.73 Å². The van der Waals surface area contributed by atoms with Crippen LogP contribution in [0.15, 0.2) is 38.7 Å². The summed E-state index contributed by atoms with van der Waals surface area (Å²) in [7, 11) is 0. The third-order valence-corrected chi connectivity index (χ3v) is 4.95. The predicted molar refractivity (Wildman–Crippen MR) is 84.9 cm³/mol. The average molecular weight is 357 g/mol. The molecule has 2 rings (SSSR count). The van der Waals surface area contributed by atoms with Gasteiger partial charge < -0.3 is 5.73 Å². The van der Waals surface area contributed by atoms with E-state index in [1.165, 1.54) is 11.8 Å². The summed E-state index contributed by atoms with van der Waals surface area (Å²) in [5, 5.41) is 7.27. The number of H-pyrrole nitrogens is 1. The molecule has 5 nitrogen and oxygen atoms in total. The molecule has 0 saturated heterocycles. The Morgan fingerprint density at radius 2 is 2.10 bits per heavy atom. The van der Waals surface area contributed by atoms with E-state index < -0.39 is 0 Å². The minimum absolute atomic E-state index is 0.0450. The minimum Gasteiger partial charge on any atom is -0.327 e. The van der Waals surface area contributed by atoms with Crippen molar-refractivity contribution in [3.8, 4) is 0 Å². The second kappa shape index (κ2) is 6.60. The average Bonchev–Trinajstić information content (AvgIpc) is 2.77. The molecular weight excluding hydrogens is 340 g/mol. The van der Waals surface area contributed by atoms with Crippen molar-refractivity contribution in [3.05, 3.63) is 44.8 Å². The lowest BCUT2D eigenvalue weighted by molar-refractivity contribution is 0.652. The number of nitrogens with one attached hydrogen (secondary N) is 1. The highest BCUT2D eigenvalue weighted by molar-refractivity contribution is 9.10. The van der Waals surface area contributed by atoms with Crippen LogP contribution in [0.4, 0.5) is 0 Å². The topological polar surface area (TPSA) is 76.7 Å². The van der Waals surface area contributed by atoms with Gasteiger partial charge in [0.05, 0.1) is 5.25 Å². The zero-order valence-electron chi connectivity index (χ0n) is 11.3. The molecule has 0 amide bonds. The smallest absolute Gasteiger partial charge is 0.327 e. The highest BCUT2D eigenvalue weighted by Gasteiger charge is 2.21. The summed E-state index contributed by atoms with van der Waals surface area (Å²) < 4.78 is 2.64. The Kier molecular flexibility index (Phi) is 5.06. The first-order chi connectivity index (χ1) is 9.52. The molecule has 0 aliphatic heterocycles. The van der Waals surface area contributed by atoms with Gasteiger partial charge in [-0.2, -0.15) is 0 Å². The number of aromatic nitrogens is 3. The normalized spacial score (nSPS) is 14.2. The van der Waals surface area contributed by atoms with Crippen LogP contribution in [0, 0.1) is 0 Å². The van der Waals surface area contributed by atoms with Crippen LogP contribution in [0.5, 0.6) is 0 Å². The fraction of sp³-hybridized carbons (Fsp3) is 0.385. The molecule has 1 heterocycles. The Hall–Kier alpha value is -1.05. The van der Waals surface area contributed by atoms with Gasteiger partial charge in [0.15, 0.2) is 5.16 Å². The molecule has 7 heteroatoms. The number of nitrogens with two attached hydrogens (primary N) is 1. The van der Waals surface area contributed by atoms with Gasteiger partial charge in [-0.05, 0) is 31.5 Å². The maximum absolute atomic E-state index is 11.6. The molecule has 20 heavy (non-hydrogen) atoms. The Balaban J connectivity index is 2.30. The second-order valence-corrected chi connectivity index (χ2v) is 6.53. The number of hydrogen-bond acceptors (Lipinski definition) is 4. The zero-order chi connectivity index (χ0) is 14.7. The highest BCUT2D eigenvalue weighted by atomic mass is 79.9. The number of hydrogen-bond donors (Lipinski definition) is 2. The van der Waals surface area contributed by atoms with Crippen LogP contribution in [0.1, 0.15) is 24.7 Å². The van der Waals surface area contributed by atoms with E-state index >= 15 is 0 Å². The fourth-order valence-corrected chi connectivity index (χ4v) is 3.35. The second-order valence-electron chi connectivity index (χ2n) is 4.50. The van der Waals surface area contributed by atoms with Crippen LogP contribution in [0.3, 0.4) is 0 Å². The lowest BCUT2D eigenvalue weighted by Crippen LogP contribution is -2.23. The standard InChI is InChI=1S/C13H17BrN4OS/c1-3-18-12(19)16-17-13(18)20-11(8(2)15)9-4-6-10(14)7-5-9/h4-8,11H,3,15H2,1-2H3,(H,16,19). The number of nitrogens with zero attached hydrogens (tertiary/aromatic N) is 2. The fourth-order valence-electron chi connectivity index (χ4n) is 1.92. The molecular formula is C13H17BrN4OS. The Morgan fingerprint density at radius 3 is 2.65 bits per heavy atom. The van der Waals surface area contributed by atoms with Crippen molar-refractivity contribution in [1.82, 2.24) is 14.8 Å². The Morgan fingerprint density at radius 1 is 1.45 bits per heavy atom. The van der Waals surface area contributed by atoms with Crippen molar-refractivity contribution in [2.24, 2.45) is 5.73 Å². The molecule has 2 atom stereocenters. The molecule has 0 bridgehead atoms. The minimum atomic E-state index is -0.186. The van der Waals surface area contributed by atoms with Gasteiger partial charge in [-0.25, -0.2) is 9.89 Å². The van der Waals surface area contributed by atoms with Crippen LogP contribution in [-0.4, -0.2) is 20.8 Å². The first-order valence-corrected chi connectivity index (χ1v) is 8.03. The summed E-state index contributed by atoms with van der Waals surface area (Å²) in [4.78, 5) is 11.6. The van der Waals surface area contributed by atoms with E-state index in [0.29, 0.717) is 11.7 Å². The summed E-state index contributed by atoms with van der Waals surface area (Å²) in [5.74, 6) is 0. The van der Waals surface area contributed by atoms with E-state index in [9.17, 15) is 4.79 Å². The molecule has 0 radical (unpaired) electrons. The molecule has 108 valence electrons. The number of benzene rings is 1. The summed E-state index contributed by atoms with van der Waals surface area (Å²) >= 11 is 4.93. The van der Waals surface area contributed by atoms with Crippen molar-refractivity contribution in [3.63, 3.8) is 0 Å². The third-order valence-electron chi connectivity index (χ3n) is 2.95. The predicted octanol–water partition coefficient (Wildman–Crippen LogP) is 2.53. The highest BCUT2D eigenvalue weighted by Crippen LogP contribution is 2.36. The molecule has 1 aromatic heterocycles. The Bertz CT molecular complexity index is 620. The number of rotatable bonds is 5. The third kappa shape index (κ3) is 3.34. The quantitative estimate of drug-likeness (QED) is 0.807. The van der Waals surface area contributed by atoms with Crippen LogP contribution >= 0.6 is 27.7 Å². The molecule has 1 aromatic carbocycles. The van der Waals surface area contributed by atoms with E-state index in [1.54, 1.807) is 4.57 Å². The van der Waals surface area contributed by atoms with Gasteiger partial charge in [-0.1, -0.05) is 39.8 Å². The summed E-state index contributed by atoms with van der Waals surface area (Å²) in [6.45, 7) is 4.46. The van der Waals surface area contributed by atoms with Gasteiger partial charge in [-0.15, -0.1) is 5.10 Å². The van der Waals surface area contributed by atoms with Crippen LogP contribution in [0.2, 0.25) is 0 Å². The maximum atomic E-state index is 11.6. The summed E-state index contributed by atoms with van der Waals surface area (Å²) in [6, 6.07) is 7.99. The molecule has 3 N–H and O–H groups in total. The van der Waals surface area contributed by atoms with Gasteiger partial charge in [-0.3, -0.25) is 4.57 Å². The molecule has 2 unspecified atom stereocenters. The van der Waals surface area contributed by atoms with Crippen molar-refractivity contribution < 1.29 is 0 Å². The number of thioether (sulfide) groups is 1. The van der Waals surface area contributed by atoms with Gasteiger partial charge in [0.25, 0.3) is 0 Å². The molecule has 0 spiro atoms.